The smallest absolute Gasteiger partial charge is 0.248 e. The van der Waals surface area contributed by atoms with Crippen LogP contribution in [-0.4, -0.2) is 25.7 Å². The van der Waals surface area contributed by atoms with Crippen molar-refractivity contribution in [2.24, 2.45) is 12.8 Å². The van der Waals surface area contributed by atoms with E-state index in [1.54, 1.807) is 10.9 Å². The lowest BCUT2D eigenvalue weighted by Crippen LogP contribution is -2.12. The Morgan fingerprint density at radius 3 is 3.11 bits per heavy atom. The molecule has 3 rings (SSSR count). The van der Waals surface area contributed by atoms with Gasteiger partial charge in [0.1, 0.15) is 6.04 Å². The van der Waals surface area contributed by atoms with Crippen LogP contribution in [0.4, 0.5) is 0 Å². The number of rotatable bonds is 3. The van der Waals surface area contributed by atoms with Crippen LogP contribution in [0.25, 0.3) is 0 Å². The number of aromatic nitrogens is 4. The van der Waals surface area contributed by atoms with Gasteiger partial charge in [-0.25, -0.2) is 0 Å². The van der Waals surface area contributed by atoms with E-state index in [2.05, 4.69) is 15.2 Å². The van der Waals surface area contributed by atoms with Crippen LogP contribution in [0.1, 0.15) is 47.8 Å². The predicted octanol–water partition coefficient (Wildman–Crippen LogP) is 1.81. The van der Waals surface area contributed by atoms with Gasteiger partial charge in [-0.2, -0.15) is 21.8 Å². The maximum Gasteiger partial charge on any atom is 0.248 e. The van der Waals surface area contributed by atoms with E-state index in [0.29, 0.717) is 11.1 Å². The summed E-state index contributed by atoms with van der Waals surface area (Å²) in [5.41, 5.74) is 7.00. The average molecular weight is 279 g/mol. The molecule has 0 amide bonds. The zero-order chi connectivity index (χ0) is 13.2. The fraction of sp³-hybridized carbons (Fsp3) is 0.583. The number of hydrogen-bond donors (Lipinski definition) is 1. The van der Waals surface area contributed by atoms with Crippen LogP contribution >= 0.6 is 11.8 Å². The summed E-state index contributed by atoms with van der Waals surface area (Å²) < 4.78 is 7.02. The summed E-state index contributed by atoms with van der Waals surface area (Å²) in [6.07, 6.45) is 7.22. The Balaban J connectivity index is 1.76. The molecule has 2 aromatic rings. The molecule has 0 radical (unpaired) electrons. The summed E-state index contributed by atoms with van der Waals surface area (Å²) in [7, 11) is 1.86. The third-order valence-corrected chi connectivity index (χ3v) is 4.65. The van der Waals surface area contributed by atoms with E-state index >= 15 is 0 Å². The molecule has 0 bridgehead atoms. The Labute approximate surface area is 115 Å². The molecule has 0 saturated carbocycles. The van der Waals surface area contributed by atoms with Crippen LogP contribution in [0, 0.1) is 0 Å². The highest BCUT2D eigenvalue weighted by atomic mass is 32.2. The molecule has 2 unspecified atom stereocenters. The number of nitrogens with zero attached hydrogens (tertiary/aromatic N) is 4. The normalized spacial score (nSPS) is 21.5. The van der Waals surface area contributed by atoms with Crippen molar-refractivity contribution < 1.29 is 4.52 Å². The molecular formula is C12H17N5OS. The van der Waals surface area contributed by atoms with Gasteiger partial charge in [-0.1, -0.05) is 11.6 Å². The molecular weight excluding hydrogens is 262 g/mol. The minimum atomic E-state index is -0.399. The second-order valence-electron chi connectivity index (χ2n) is 4.77. The van der Waals surface area contributed by atoms with Crippen molar-refractivity contribution in [2.45, 2.75) is 30.6 Å². The van der Waals surface area contributed by atoms with Gasteiger partial charge in [0.25, 0.3) is 0 Å². The second-order valence-corrected chi connectivity index (χ2v) is 6.08. The second kappa shape index (κ2) is 5.34. The topological polar surface area (TPSA) is 82.8 Å². The first-order valence-electron chi connectivity index (χ1n) is 6.43. The molecule has 102 valence electrons. The van der Waals surface area contributed by atoms with Crippen molar-refractivity contribution >= 4 is 11.8 Å². The van der Waals surface area contributed by atoms with Crippen molar-refractivity contribution in [2.75, 3.05) is 5.75 Å². The Morgan fingerprint density at radius 2 is 2.42 bits per heavy atom. The summed E-state index contributed by atoms with van der Waals surface area (Å²) >= 11 is 1.90. The fourth-order valence-electron chi connectivity index (χ4n) is 2.19. The van der Waals surface area contributed by atoms with Crippen molar-refractivity contribution in [3.63, 3.8) is 0 Å². The van der Waals surface area contributed by atoms with E-state index in [-0.39, 0.29) is 0 Å². The van der Waals surface area contributed by atoms with Gasteiger partial charge in [-0.05, 0) is 18.6 Å². The third-order valence-electron chi connectivity index (χ3n) is 3.28. The van der Waals surface area contributed by atoms with Crippen LogP contribution in [0.3, 0.4) is 0 Å². The van der Waals surface area contributed by atoms with E-state index in [1.807, 2.05) is 25.0 Å². The fourth-order valence-corrected chi connectivity index (χ4v) is 3.43. The van der Waals surface area contributed by atoms with Gasteiger partial charge in [0, 0.05) is 18.8 Å². The number of aryl methyl sites for hydroxylation is 1. The molecule has 1 aliphatic heterocycles. The molecule has 0 aliphatic carbocycles. The Morgan fingerprint density at radius 1 is 1.53 bits per heavy atom. The van der Waals surface area contributed by atoms with Crippen LogP contribution in [0.15, 0.2) is 16.9 Å². The molecule has 19 heavy (non-hydrogen) atoms. The first kappa shape index (κ1) is 12.7. The minimum Gasteiger partial charge on any atom is -0.337 e. The number of hydrogen-bond acceptors (Lipinski definition) is 6. The van der Waals surface area contributed by atoms with Crippen LogP contribution in [-0.2, 0) is 7.05 Å². The first-order chi connectivity index (χ1) is 9.24. The van der Waals surface area contributed by atoms with E-state index in [9.17, 15) is 0 Å². The molecule has 3 heterocycles. The molecule has 2 N–H and O–H groups in total. The lowest BCUT2D eigenvalue weighted by atomic mass is 10.1. The molecule has 2 atom stereocenters. The van der Waals surface area contributed by atoms with Crippen LogP contribution < -0.4 is 5.73 Å². The minimum absolute atomic E-state index is 0.354. The van der Waals surface area contributed by atoms with Crippen LogP contribution in [0.2, 0.25) is 0 Å². The molecule has 0 aromatic carbocycles. The third kappa shape index (κ3) is 2.66. The molecule has 1 aliphatic rings. The maximum atomic E-state index is 6.12. The van der Waals surface area contributed by atoms with Gasteiger partial charge in [-0.15, -0.1) is 0 Å². The van der Waals surface area contributed by atoms with Gasteiger partial charge in [0.05, 0.1) is 11.4 Å². The predicted molar refractivity (Wildman–Crippen MR) is 72.6 cm³/mol. The Hall–Kier alpha value is -1.34. The maximum absolute atomic E-state index is 6.12. The van der Waals surface area contributed by atoms with Gasteiger partial charge in [0.15, 0.2) is 5.82 Å². The zero-order valence-electron chi connectivity index (χ0n) is 10.8. The molecule has 7 heteroatoms. The summed E-state index contributed by atoms with van der Waals surface area (Å²) in [4.78, 5) is 4.46. The van der Waals surface area contributed by atoms with Crippen molar-refractivity contribution in [3.8, 4) is 0 Å². The van der Waals surface area contributed by atoms with E-state index in [0.717, 1.165) is 17.8 Å². The Kier molecular flexibility index (Phi) is 3.56. The molecule has 6 nitrogen and oxygen atoms in total. The zero-order valence-corrected chi connectivity index (χ0v) is 11.6. The molecule has 0 spiro atoms. The van der Waals surface area contributed by atoms with Gasteiger partial charge < -0.3 is 10.3 Å². The monoisotopic (exact) mass is 279 g/mol. The van der Waals surface area contributed by atoms with E-state index in [1.165, 1.54) is 18.6 Å². The Bertz CT molecular complexity index is 546. The van der Waals surface area contributed by atoms with Crippen molar-refractivity contribution in [1.82, 2.24) is 19.9 Å². The first-order valence-corrected chi connectivity index (χ1v) is 7.48. The lowest BCUT2D eigenvalue weighted by molar-refractivity contribution is 0.361. The summed E-state index contributed by atoms with van der Waals surface area (Å²) in [5, 5.41) is 8.54. The van der Waals surface area contributed by atoms with E-state index < -0.39 is 6.04 Å². The van der Waals surface area contributed by atoms with Gasteiger partial charge in [0.2, 0.25) is 5.89 Å². The summed E-state index contributed by atoms with van der Waals surface area (Å²) in [5.74, 6) is 2.41. The highest BCUT2D eigenvalue weighted by Gasteiger charge is 2.24. The molecule has 1 saturated heterocycles. The number of nitrogens with two attached hydrogens (primary N) is 1. The quantitative estimate of drug-likeness (QED) is 0.922. The average Bonchev–Trinajstić information content (AvgIpc) is 3.08. The number of thioether (sulfide) groups is 1. The van der Waals surface area contributed by atoms with Gasteiger partial charge >= 0.3 is 0 Å². The highest BCUT2D eigenvalue weighted by Crippen LogP contribution is 2.37. The standard InChI is InChI=1S/C12H17N5OS/c1-17-7-8(6-14-17)10(13)12-15-11(16-18-12)9-4-2-3-5-19-9/h6-7,9-10H,2-5,13H2,1H3. The molecule has 1 fully saturated rings. The molecule has 2 aromatic heterocycles. The highest BCUT2D eigenvalue weighted by molar-refractivity contribution is 7.99. The van der Waals surface area contributed by atoms with Crippen LogP contribution in [0.5, 0.6) is 0 Å². The summed E-state index contributed by atoms with van der Waals surface area (Å²) in [6.45, 7) is 0. The summed E-state index contributed by atoms with van der Waals surface area (Å²) in [6, 6.07) is -0.399. The largest absolute Gasteiger partial charge is 0.337 e. The van der Waals surface area contributed by atoms with Crippen molar-refractivity contribution in [3.05, 3.63) is 29.7 Å². The van der Waals surface area contributed by atoms with Gasteiger partial charge in [-0.3, -0.25) is 4.68 Å². The SMILES string of the molecule is Cn1cc(C(N)c2nc(C3CCCCS3)no2)cn1. The van der Waals surface area contributed by atoms with Crippen molar-refractivity contribution in [1.29, 1.82) is 0 Å². The van der Waals surface area contributed by atoms with E-state index in [4.69, 9.17) is 10.3 Å². The lowest BCUT2D eigenvalue weighted by Gasteiger charge is -2.17.